The van der Waals surface area contributed by atoms with Gasteiger partial charge in [0, 0.05) is 16.8 Å². The average molecular weight is 325 g/mol. The summed E-state index contributed by atoms with van der Waals surface area (Å²) in [5.74, 6) is -0.231. The van der Waals surface area contributed by atoms with Crippen molar-refractivity contribution in [3.8, 4) is 0 Å². The highest BCUT2D eigenvalue weighted by Gasteiger charge is 2.20. The van der Waals surface area contributed by atoms with E-state index in [0.717, 1.165) is 4.88 Å². The molecule has 0 spiro atoms. The van der Waals surface area contributed by atoms with Crippen molar-refractivity contribution >= 4 is 28.0 Å². The zero-order valence-electron chi connectivity index (χ0n) is 12.4. The van der Waals surface area contributed by atoms with Crippen molar-refractivity contribution in [1.29, 1.82) is 0 Å². The van der Waals surface area contributed by atoms with Gasteiger partial charge >= 0.3 is 0 Å². The summed E-state index contributed by atoms with van der Waals surface area (Å²) in [6.07, 6.45) is 1.68. The molecule has 2 aromatic heterocycles. The van der Waals surface area contributed by atoms with Crippen LogP contribution in [0, 0.1) is 0 Å². The van der Waals surface area contributed by atoms with Gasteiger partial charge in [-0.25, -0.2) is 5.10 Å². The van der Waals surface area contributed by atoms with Crippen LogP contribution in [0.1, 0.15) is 15.4 Å². The van der Waals surface area contributed by atoms with E-state index < -0.39 is 0 Å². The summed E-state index contributed by atoms with van der Waals surface area (Å²) < 4.78 is 0. The molecule has 2 heterocycles. The van der Waals surface area contributed by atoms with E-state index in [2.05, 4.69) is 16.8 Å². The number of H-pyrrole nitrogens is 1. The molecule has 0 bridgehead atoms. The molecule has 5 nitrogen and oxygen atoms in total. The summed E-state index contributed by atoms with van der Waals surface area (Å²) in [5, 5.41) is 9.37. The third-order valence-electron chi connectivity index (χ3n) is 3.46. The predicted octanol–water partition coefficient (Wildman–Crippen LogP) is 2.81. The molecule has 3 rings (SSSR count). The fourth-order valence-corrected chi connectivity index (χ4v) is 3.11. The molecule has 1 aromatic carbocycles. The van der Waals surface area contributed by atoms with E-state index in [1.165, 1.54) is 0 Å². The van der Waals surface area contributed by atoms with E-state index in [0.29, 0.717) is 23.9 Å². The first kappa shape index (κ1) is 15.2. The van der Waals surface area contributed by atoms with Crippen LogP contribution < -0.4 is 5.56 Å². The van der Waals surface area contributed by atoms with Crippen molar-refractivity contribution in [2.45, 2.75) is 6.54 Å². The van der Waals surface area contributed by atoms with E-state index in [9.17, 15) is 9.59 Å². The minimum atomic E-state index is -0.300. The highest BCUT2D eigenvalue weighted by molar-refractivity contribution is 7.09. The molecular weight excluding hydrogens is 310 g/mol. The number of fused-ring (bicyclic) bond motifs is 1. The van der Waals surface area contributed by atoms with Crippen LogP contribution in [-0.2, 0) is 6.54 Å². The van der Waals surface area contributed by atoms with Gasteiger partial charge in [-0.3, -0.25) is 9.59 Å². The van der Waals surface area contributed by atoms with Gasteiger partial charge in [0.1, 0.15) is 0 Å². The van der Waals surface area contributed by atoms with E-state index in [1.807, 2.05) is 17.5 Å². The van der Waals surface area contributed by atoms with Crippen LogP contribution in [-0.4, -0.2) is 27.5 Å². The molecule has 0 saturated heterocycles. The van der Waals surface area contributed by atoms with Crippen molar-refractivity contribution in [3.63, 3.8) is 0 Å². The average Bonchev–Trinajstić information content (AvgIpc) is 3.08. The Morgan fingerprint density at radius 3 is 2.74 bits per heavy atom. The SMILES string of the molecule is C=CCN(Cc1cccs1)C(=O)c1n[nH]c(=O)c2ccccc12. The number of aromatic nitrogens is 2. The Labute approximate surface area is 136 Å². The molecule has 0 radical (unpaired) electrons. The second-order valence-corrected chi connectivity index (χ2v) is 6.03. The summed E-state index contributed by atoms with van der Waals surface area (Å²) in [6.45, 7) is 4.61. The minimum absolute atomic E-state index is 0.231. The van der Waals surface area contributed by atoms with Gasteiger partial charge < -0.3 is 4.90 Å². The van der Waals surface area contributed by atoms with Gasteiger partial charge in [-0.15, -0.1) is 17.9 Å². The standard InChI is InChI=1S/C17H15N3O2S/c1-2-9-20(11-12-6-5-10-23-12)17(22)15-13-7-3-4-8-14(13)16(21)19-18-15/h2-8,10H,1,9,11H2,(H,19,21). The van der Waals surface area contributed by atoms with Crippen molar-refractivity contribution in [2.24, 2.45) is 0 Å². The van der Waals surface area contributed by atoms with Gasteiger partial charge in [-0.1, -0.05) is 30.3 Å². The lowest BCUT2D eigenvalue weighted by molar-refractivity contribution is 0.0759. The Balaban J connectivity index is 2.02. The van der Waals surface area contributed by atoms with E-state index >= 15 is 0 Å². The smallest absolute Gasteiger partial charge is 0.275 e. The molecular formula is C17H15N3O2S. The Morgan fingerprint density at radius 2 is 2.04 bits per heavy atom. The van der Waals surface area contributed by atoms with E-state index in [-0.39, 0.29) is 17.2 Å². The zero-order chi connectivity index (χ0) is 16.2. The summed E-state index contributed by atoms with van der Waals surface area (Å²) >= 11 is 1.59. The molecule has 0 saturated carbocycles. The largest absolute Gasteiger partial charge is 0.328 e. The fraction of sp³-hybridized carbons (Fsp3) is 0.118. The molecule has 0 aliphatic carbocycles. The van der Waals surface area contributed by atoms with Crippen LogP contribution in [0.15, 0.2) is 59.2 Å². The second-order valence-electron chi connectivity index (χ2n) is 5.00. The number of benzene rings is 1. The third-order valence-corrected chi connectivity index (χ3v) is 4.32. The number of nitrogens with one attached hydrogen (secondary N) is 1. The maximum Gasteiger partial charge on any atom is 0.275 e. The number of carbonyl (C=O) groups is 1. The topological polar surface area (TPSA) is 66.1 Å². The summed E-state index contributed by atoms with van der Waals surface area (Å²) in [7, 11) is 0. The predicted molar refractivity (Wildman–Crippen MR) is 91.6 cm³/mol. The quantitative estimate of drug-likeness (QED) is 0.734. The van der Waals surface area contributed by atoms with Gasteiger partial charge in [0.2, 0.25) is 0 Å². The lowest BCUT2D eigenvalue weighted by Crippen LogP contribution is -2.32. The molecule has 0 unspecified atom stereocenters. The molecule has 0 aliphatic rings. The number of nitrogens with zero attached hydrogens (tertiary/aromatic N) is 2. The number of carbonyl (C=O) groups excluding carboxylic acids is 1. The maximum atomic E-state index is 12.9. The first-order valence-electron chi connectivity index (χ1n) is 7.10. The van der Waals surface area contributed by atoms with Crippen LogP contribution >= 0.6 is 11.3 Å². The van der Waals surface area contributed by atoms with Crippen LogP contribution in [0.4, 0.5) is 0 Å². The van der Waals surface area contributed by atoms with Gasteiger partial charge in [0.05, 0.1) is 11.9 Å². The van der Waals surface area contributed by atoms with Crippen LogP contribution in [0.2, 0.25) is 0 Å². The zero-order valence-corrected chi connectivity index (χ0v) is 13.2. The first-order chi connectivity index (χ1) is 11.2. The Kier molecular flexibility index (Phi) is 4.34. The molecule has 0 aliphatic heterocycles. The van der Waals surface area contributed by atoms with Crippen molar-refractivity contribution in [1.82, 2.24) is 15.1 Å². The number of thiophene rings is 1. The van der Waals surface area contributed by atoms with Gasteiger partial charge in [-0.05, 0) is 17.5 Å². The molecule has 23 heavy (non-hydrogen) atoms. The fourth-order valence-electron chi connectivity index (χ4n) is 2.39. The van der Waals surface area contributed by atoms with Crippen LogP contribution in [0.5, 0.6) is 0 Å². The van der Waals surface area contributed by atoms with Crippen molar-refractivity contribution in [3.05, 3.63) is 75.4 Å². The number of aromatic amines is 1. The second kappa shape index (κ2) is 6.58. The molecule has 3 aromatic rings. The molecule has 6 heteroatoms. The van der Waals surface area contributed by atoms with Crippen LogP contribution in [0.3, 0.4) is 0 Å². The molecule has 116 valence electrons. The van der Waals surface area contributed by atoms with Crippen LogP contribution in [0.25, 0.3) is 10.8 Å². The van der Waals surface area contributed by atoms with Crippen molar-refractivity contribution in [2.75, 3.05) is 6.54 Å². The number of rotatable bonds is 5. The van der Waals surface area contributed by atoms with Gasteiger partial charge in [0.15, 0.2) is 5.69 Å². The summed E-state index contributed by atoms with van der Waals surface area (Å²) in [4.78, 5) is 27.5. The van der Waals surface area contributed by atoms with Gasteiger partial charge in [-0.2, -0.15) is 5.10 Å². The lowest BCUT2D eigenvalue weighted by atomic mass is 10.1. The summed E-state index contributed by atoms with van der Waals surface area (Å²) in [5.41, 5.74) is -0.0516. The Morgan fingerprint density at radius 1 is 1.26 bits per heavy atom. The number of hydrogen-bond donors (Lipinski definition) is 1. The normalized spacial score (nSPS) is 10.6. The summed E-state index contributed by atoms with van der Waals surface area (Å²) in [6, 6.07) is 10.9. The molecule has 1 amide bonds. The molecule has 0 fully saturated rings. The Bertz CT molecular complexity index is 900. The third kappa shape index (κ3) is 3.07. The highest BCUT2D eigenvalue weighted by Crippen LogP contribution is 2.17. The molecule has 0 atom stereocenters. The van der Waals surface area contributed by atoms with Crippen molar-refractivity contribution < 1.29 is 4.79 Å². The van der Waals surface area contributed by atoms with Gasteiger partial charge in [0.25, 0.3) is 11.5 Å². The Hall–Kier alpha value is -2.73. The highest BCUT2D eigenvalue weighted by atomic mass is 32.1. The van der Waals surface area contributed by atoms with E-state index in [4.69, 9.17) is 0 Å². The minimum Gasteiger partial charge on any atom is -0.328 e. The number of hydrogen-bond acceptors (Lipinski definition) is 4. The number of amides is 1. The molecule has 1 N–H and O–H groups in total. The van der Waals surface area contributed by atoms with E-state index in [1.54, 1.807) is 46.6 Å². The first-order valence-corrected chi connectivity index (χ1v) is 7.98. The lowest BCUT2D eigenvalue weighted by Gasteiger charge is -2.20. The monoisotopic (exact) mass is 325 g/mol. The maximum absolute atomic E-state index is 12.9.